The van der Waals surface area contributed by atoms with Crippen molar-refractivity contribution in [1.29, 1.82) is 5.53 Å². The minimum atomic E-state index is -0.296. The first-order valence-electron chi connectivity index (χ1n) is 8.55. The highest BCUT2D eigenvalue weighted by molar-refractivity contribution is 6.07. The molecular weight excluding hydrogens is 354 g/mol. The fourth-order valence-corrected chi connectivity index (χ4v) is 3.14. The fraction of sp³-hybridized carbons (Fsp3) is 0.0500. The fourth-order valence-electron chi connectivity index (χ4n) is 3.14. The molecule has 0 spiro atoms. The number of nitrogens with one attached hydrogen (secondary N) is 3. The van der Waals surface area contributed by atoms with Crippen LogP contribution in [0.3, 0.4) is 0 Å². The lowest BCUT2D eigenvalue weighted by Crippen LogP contribution is -2.13. The number of nitrogen functional groups attached to an aromatic ring is 1. The number of hydrogen-bond donors (Lipinski definition) is 4. The second-order valence-electron chi connectivity index (χ2n) is 6.31. The molecule has 0 unspecified atom stereocenters. The van der Waals surface area contributed by atoms with E-state index in [1.807, 2.05) is 24.3 Å². The molecular formula is C20H17N7O. The third kappa shape index (κ3) is 2.96. The maximum Gasteiger partial charge on any atom is 0.256 e. The molecule has 0 aliphatic carbocycles. The number of benzene rings is 2. The van der Waals surface area contributed by atoms with Gasteiger partial charge in [-0.2, -0.15) is 10.2 Å². The minimum absolute atomic E-state index is 0.296. The van der Waals surface area contributed by atoms with Crippen molar-refractivity contribution in [2.75, 3.05) is 11.1 Å². The van der Waals surface area contributed by atoms with Crippen LogP contribution in [-0.2, 0) is 0 Å². The van der Waals surface area contributed by atoms with E-state index in [9.17, 15) is 4.79 Å². The van der Waals surface area contributed by atoms with Gasteiger partial charge in [0.15, 0.2) is 0 Å². The highest BCUT2D eigenvalue weighted by Crippen LogP contribution is 2.31. The molecule has 8 heteroatoms. The molecule has 2 heterocycles. The molecule has 0 radical (unpaired) electrons. The molecule has 0 bridgehead atoms. The molecule has 0 saturated heterocycles. The van der Waals surface area contributed by atoms with E-state index in [-0.39, 0.29) is 5.91 Å². The first-order valence-corrected chi connectivity index (χ1v) is 8.55. The van der Waals surface area contributed by atoms with Crippen LogP contribution < -0.4 is 11.1 Å². The Labute approximate surface area is 160 Å². The second kappa shape index (κ2) is 6.92. The van der Waals surface area contributed by atoms with Crippen molar-refractivity contribution in [2.45, 2.75) is 6.92 Å². The summed E-state index contributed by atoms with van der Waals surface area (Å²) in [6, 6.07) is 12.5. The molecule has 1 amide bonds. The Morgan fingerprint density at radius 2 is 1.96 bits per heavy atom. The Bertz CT molecular complexity index is 1200. The Kier molecular flexibility index (Phi) is 4.29. The number of fused-ring (bicyclic) bond motifs is 1. The number of carbonyl (C=O) groups excluding carboxylic acids is 1. The maximum atomic E-state index is 12.8. The van der Waals surface area contributed by atoms with Gasteiger partial charge in [0.05, 0.1) is 11.2 Å². The Morgan fingerprint density at radius 3 is 2.71 bits per heavy atom. The summed E-state index contributed by atoms with van der Waals surface area (Å²) in [5.74, 6) is -0.296. The molecule has 0 aliphatic rings. The normalized spacial score (nSPS) is 10.8. The summed E-state index contributed by atoms with van der Waals surface area (Å²) >= 11 is 0. The standard InChI is InChI=1S/C20H17N7O/c1-11-14(3-4-16(21)18(11)25-22)20(28)24-13-2-5-17-15(10-13)19(27-26-17)12-6-8-23-9-7-12/h2-10,22H,21H2,1H3,(H,24,28)(H,26,27). The van der Waals surface area contributed by atoms with Crippen LogP contribution in [0.5, 0.6) is 0 Å². The van der Waals surface area contributed by atoms with Gasteiger partial charge in [-0.1, -0.05) is 0 Å². The zero-order valence-electron chi connectivity index (χ0n) is 15.0. The van der Waals surface area contributed by atoms with Gasteiger partial charge in [-0.05, 0) is 55.0 Å². The average molecular weight is 371 g/mol. The second-order valence-corrected chi connectivity index (χ2v) is 6.31. The lowest BCUT2D eigenvalue weighted by atomic mass is 10.0. The van der Waals surface area contributed by atoms with E-state index in [1.54, 1.807) is 37.5 Å². The van der Waals surface area contributed by atoms with Crippen molar-refractivity contribution in [1.82, 2.24) is 15.2 Å². The summed E-state index contributed by atoms with van der Waals surface area (Å²) in [5, 5.41) is 14.6. The van der Waals surface area contributed by atoms with Gasteiger partial charge in [0.25, 0.3) is 5.91 Å². The quantitative estimate of drug-likeness (QED) is 0.312. The number of anilines is 2. The number of nitrogens with two attached hydrogens (primary N) is 1. The predicted octanol–water partition coefficient (Wildman–Crippen LogP) is 4.43. The number of amides is 1. The van der Waals surface area contributed by atoms with Gasteiger partial charge < -0.3 is 11.1 Å². The molecule has 0 aliphatic heterocycles. The Hall–Kier alpha value is -4.07. The molecule has 5 N–H and O–H groups in total. The number of aromatic amines is 1. The first-order chi connectivity index (χ1) is 13.6. The van der Waals surface area contributed by atoms with Crippen LogP contribution in [0.15, 0.2) is 60.0 Å². The molecule has 4 rings (SSSR count). The van der Waals surface area contributed by atoms with E-state index in [4.69, 9.17) is 11.3 Å². The number of nitrogens with zero attached hydrogens (tertiary/aromatic N) is 3. The van der Waals surface area contributed by atoms with Gasteiger partial charge in [0.2, 0.25) is 0 Å². The van der Waals surface area contributed by atoms with Crippen LogP contribution in [0.2, 0.25) is 0 Å². The topological polar surface area (TPSA) is 133 Å². The molecule has 8 nitrogen and oxygen atoms in total. The van der Waals surface area contributed by atoms with Crippen molar-refractivity contribution in [2.24, 2.45) is 5.11 Å². The van der Waals surface area contributed by atoms with E-state index in [0.29, 0.717) is 28.2 Å². The smallest absolute Gasteiger partial charge is 0.256 e. The molecule has 138 valence electrons. The highest BCUT2D eigenvalue weighted by atomic mass is 16.1. The van der Waals surface area contributed by atoms with E-state index < -0.39 is 0 Å². The summed E-state index contributed by atoms with van der Waals surface area (Å²) < 4.78 is 0. The lowest BCUT2D eigenvalue weighted by molar-refractivity contribution is 0.102. The maximum absolute atomic E-state index is 12.8. The van der Waals surface area contributed by atoms with Gasteiger partial charge >= 0.3 is 0 Å². The van der Waals surface area contributed by atoms with Crippen LogP contribution in [-0.4, -0.2) is 21.1 Å². The number of rotatable bonds is 4. The number of pyridine rings is 1. The molecule has 0 atom stereocenters. The lowest BCUT2D eigenvalue weighted by Gasteiger charge is -2.11. The Morgan fingerprint density at radius 1 is 1.18 bits per heavy atom. The summed E-state index contributed by atoms with van der Waals surface area (Å²) in [5.41, 5.74) is 17.9. The number of H-pyrrole nitrogens is 1. The zero-order valence-corrected chi connectivity index (χ0v) is 15.0. The largest absolute Gasteiger partial charge is 0.397 e. The third-order valence-electron chi connectivity index (χ3n) is 4.59. The van der Waals surface area contributed by atoms with Crippen LogP contribution in [0.25, 0.3) is 22.2 Å². The summed E-state index contributed by atoms with van der Waals surface area (Å²) in [7, 11) is 0. The van der Waals surface area contributed by atoms with Crippen molar-refractivity contribution in [3.63, 3.8) is 0 Å². The first kappa shape index (κ1) is 17.3. The van der Waals surface area contributed by atoms with E-state index in [1.165, 1.54) is 0 Å². The number of hydrogen-bond acceptors (Lipinski definition) is 6. The predicted molar refractivity (Wildman–Crippen MR) is 108 cm³/mol. The van der Waals surface area contributed by atoms with E-state index in [2.05, 4.69) is 25.6 Å². The van der Waals surface area contributed by atoms with Gasteiger partial charge in [-0.3, -0.25) is 14.9 Å². The number of carbonyl (C=O) groups is 1. The van der Waals surface area contributed by atoms with Gasteiger partial charge in [-0.15, -0.1) is 0 Å². The van der Waals surface area contributed by atoms with Gasteiger partial charge in [0.1, 0.15) is 11.4 Å². The van der Waals surface area contributed by atoms with Crippen LogP contribution in [0.4, 0.5) is 17.1 Å². The highest BCUT2D eigenvalue weighted by Gasteiger charge is 2.15. The zero-order chi connectivity index (χ0) is 19.7. The van der Waals surface area contributed by atoms with Crippen LogP contribution >= 0.6 is 0 Å². The molecule has 4 aromatic rings. The van der Waals surface area contributed by atoms with Gasteiger partial charge in [-0.25, -0.2) is 5.53 Å². The van der Waals surface area contributed by atoms with E-state index in [0.717, 1.165) is 22.2 Å². The molecule has 2 aromatic carbocycles. The Balaban J connectivity index is 1.69. The summed E-state index contributed by atoms with van der Waals surface area (Å²) in [4.78, 5) is 16.8. The molecule has 28 heavy (non-hydrogen) atoms. The number of aromatic nitrogens is 3. The summed E-state index contributed by atoms with van der Waals surface area (Å²) in [6.07, 6.45) is 3.42. The summed E-state index contributed by atoms with van der Waals surface area (Å²) in [6.45, 7) is 1.72. The monoisotopic (exact) mass is 371 g/mol. The van der Waals surface area contributed by atoms with Gasteiger partial charge in [0, 0.05) is 34.6 Å². The van der Waals surface area contributed by atoms with E-state index >= 15 is 0 Å². The van der Waals surface area contributed by atoms with Crippen molar-refractivity contribution < 1.29 is 4.79 Å². The van der Waals surface area contributed by atoms with Crippen molar-refractivity contribution in [3.05, 3.63) is 66.0 Å². The third-order valence-corrected chi connectivity index (χ3v) is 4.59. The van der Waals surface area contributed by atoms with Crippen LogP contribution in [0.1, 0.15) is 15.9 Å². The SMILES string of the molecule is Cc1c(C(=O)Nc2ccc3[nH]nc(-c4ccncc4)c3c2)ccc(N)c1N=N. The van der Waals surface area contributed by atoms with Crippen LogP contribution in [0, 0.1) is 12.5 Å². The van der Waals surface area contributed by atoms with Crippen molar-refractivity contribution >= 4 is 33.9 Å². The minimum Gasteiger partial charge on any atom is -0.397 e. The van der Waals surface area contributed by atoms with Crippen molar-refractivity contribution in [3.8, 4) is 11.3 Å². The molecule has 2 aromatic heterocycles. The molecule has 0 fully saturated rings. The molecule has 0 saturated carbocycles. The average Bonchev–Trinajstić information content (AvgIpc) is 3.12.